The van der Waals surface area contributed by atoms with Gasteiger partial charge < -0.3 is 5.32 Å². The van der Waals surface area contributed by atoms with E-state index in [0.29, 0.717) is 33.8 Å². The van der Waals surface area contributed by atoms with E-state index in [1.54, 1.807) is 24.3 Å². The Kier molecular flexibility index (Phi) is 6.60. The summed E-state index contributed by atoms with van der Waals surface area (Å²) in [4.78, 5) is 29.4. The monoisotopic (exact) mass is 481 g/mol. The standard InChI is InChI=1S/C21H19BrF3N3O2/c1-2-4-17(13-5-3-6-14(9-13)21(23,24)25)27-19(29)11-28-12-26-18-8-7-15(22)10-16(18)20(28)30/h3,5-10,12,17H,2,4,11H2,1H3,(H,27,29). The normalized spacial score (nSPS) is 12.7. The molecule has 0 aliphatic carbocycles. The molecule has 0 radical (unpaired) electrons. The van der Waals surface area contributed by atoms with Crippen molar-refractivity contribution in [2.45, 2.75) is 38.5 Å². The number of carbonyl (C=O) groups excluding carboxylic acids is 1. The van der Waals surface area contributed by atoms with E-state index in [9.17, 15) is 22.8 Å². The second-order valence-corrected chi connectivity index (χ2v) is 7.79. The fourth-order valence-corrected chi connectivity index (χ4v) is 3.54. The highest BCUT2D eigenvalue weighted by atomic mass is 79.9. The predicted octanol–water partition coefficient (Wildman–Crippen LogP) is 4.84. The number of fused-ring (bicyclic) bond motifs is 1. The molecule has 1 unspecified atom stereocenters. The Hall–Kier alpha value is -2.68. The minimum absolute atomic E-state index is 0.284. The summed E-state index contributed by atoms with van der Waals surface area (Å²) in [5.41, 5.74) is -0.265. The van der Waals surface area contributed by atoms with Gasteiger partial charge in [-0.15, -0.1) is 0 Å². The first-order valence-corrected chi connectivity index (χ1v) is 10.1. The molecule has 0 saturated carbocycles. The molecule has 1 aromatic heterocycles. The number of amides is 1. The second-order valence-electron chi connectivity index (χ2n) is 6.87. The summed E-state index contributed by atoms with van der Waals surface area (Å²) in [5, 5.41) is 3.11. The molecule has 158 valence electrons. The van der Waals surface area contributed by atoms with Crippen LogP contribution in [0.2, 0.25) is 0 Å². The quantitative estimate of drug-likeness (QED) is 0.547. The van der Waals surface area contributed by atoms with Crippen LogP contribution in [0.1, 0.15) is 36.9 Å². The Bertz CT molecular complexity index is 1130. The minimum atomic E-state index is -4.46. The van der Waals surface area contributed by atoms with Crippen molar-refractivity contribution in [2.24, 2.45) is 0 Å². The van der Waals surface area contributed by atoms with Gasteiger partial charge in [-0.25, -0.2) is 4.98 Å². The third-order valence-corrected chi connectivity index (χ3v) is 5.12. The van der Waals surface area contributed by atoms with E-state index in [2.05, 4.69) is 26.2 Å². The van der Waals surface area contributed by atoms with E-state index in [4.69, 9.17) is 0 Å². The summed E-state index contributed by atoms with van der Waals surface area (Å²) in [6.07, 6.45) is -2.05. The molecule has 1 heterocycles. The van der Waals surface area contributed by atoms with Gasteiger partial charge in [0.25, 0.3) is 5.56 Å². The SMILES string of the molecule is CCCC(NC(=O)Cn1cnc2ccc(Br)cc2c1=O)c1cccc(C(F)(F)F)c1. The summed E-state index contributed by atoms with van der Waals surface area (Å²) < 4.78 is 41.0. The van der Waals surface area contributed by atoms with Gasteiger partial charge in [-0.1, -0.05) is 41.4 Å². The first-order valence-electron chi connectivity index (χ1n) is 9.30. The van der Waals surface area contributed by atoms with Crippen LogP contribution >= 0.6 is 15.9 Å². The van der Waals surface area contributed by atoms with E-state index in [1.807, 2.05) is 6.92 Å². The summed E-state index contributed by atoms with van der Waals surface area (Å²) >= 11 is 3.30. The largest absolute Gasteiger partial charge is 0.416 e. The maximum atomic E-state index is 13.0. The van der Waals surface area contributed by atoms with Gasteiger partial charge in [-0.2, -0.15) is 13.2 Å². The van der Waals surface area contributed by atoms with Crippen molar-refractivity contribution >= 4 is 32.7 Å². The molecule has 0 aliphatic heterocycles. The molecule has 1 atom stereocenters. The van der Waals surface area contributed by atoms with Gasteiger partial charge in [-0.3, -0.25) is 14.2 Å². The highest BCUT2D eigenvalue weighted by Crippen LogP contribution is 2.31. The fraction of sp³-hybridized carbons (Fsp3) is 0.286. The lowest BCUT2D eigenvalue weighted by atomic mass is 10.00. The maximum Gasteiger partial charge on any atom is 0.416 e. The molecule has 3 rings (SSSR count). The first-order chi connectivity index (χ1) is 14.2. The molecule has 0 fully saturated rings. The number of hydrogen-bond donors (Lipinski definition) is 1. The Morgan fingerprint density at radius 1 is 1.23 bits per heavy atom. The van der Waals surface area contributed by atoms with Crippen LogP contribution in [0.3, 0.4) is 0 Å². The number of halogens is 4. The Balaban J connectivity index is 1.82. The molecular formula is C21H19BrF3N3O2. The minimum Gasteiger partial charge on any atom is -0.348 e. The van der Waals surface area contributed by atoms with Crippen molar-refractivity contribution in [3.63, 3.8) is 0 Å². The van der Waals surface area contributed by atoms with Crippen molar-refractivity contribution in [2.75, 3.05) is 0 Å². The number of rotatable bonds is 6. The van der Waals surface area contributed by atoms with Crippen molar-refractivity contribution in [1.82, 2.24) is 14.9 Å². The topological polar surface area (TPSA) is 64.0 Å². The van der Waals surface area contributed by atoms with Crippen molar-refractivity contribution in [3.8, 4) is 0 Å². The van der Waals surface area contributed by atoms with Gasteiger partial charge in [0, 0.05) is 4.47 Å². The van der Waals surface area contributed by atoms with Crippen LogP contribution in [-0.2, 0) is 17.5 Å². The van der Waals surface area contributed by atoms with E-state index in [-0.39, 0.29) is 12.1 Å². The van der Waals surface area contributed by atoms with Crippen LogP contribution in [-0.4, -0.2) is 15.5 Å². The van der Waals surface area contributed by atoms with Gasteiger partial charge in [0.15, 0.2) is 0 Å². The molecular weight excluding hydrogens is 463 g/mol. The molecule has 0 bridgehead atoms. The number of alkyl halides is 3. The molecule has 30 heavy (non-hydrogen) atoms. The van der Waals surface area contributed by atoms with Crippen LogP contribution in [0.15, 0.2) is 58.1 Å². The van der Waals surface area contributed by atoms with E-state index in [0.717, 1.165) is 12.1 Å². The number of carbonyl (C=O) groups is 1. The van der Waals surface area contributed by atoms with Crippen LogP contribution in [0.25, 0.3) is 10.9 Å². The molecule has 1 amide bonds. The van der Waals surface area contributed by atoms with Gasteiger partial charge >= 0.3 is 6.18 Å². The summed E-state index contributed by atoms with van der Waals surface area (Å²) in [6, 6.07) is 9.39. The van der Waals surface area contributed by atoms with Crippen LogP contribution in [0.5, 0.6) is 0 Å². The number of benzene rings is 2. The lowest BCUT2D eigenvalue weighted by Gasteiger charge is -2.20. The number of hydrogen-bond acceptors (Lipinski definition) is 3. The molecule has 0 saturated heterocycles. The third kappa shape index (κ3) is 5.08. The van der Waals surface area contributed by atoms with Crippen LogP contribution < -0.4 is 10.9 Å². The smallest absolute Gasteiger partial charge is 0.348 e. The summed E-state index contributed by atoms with van der Waals surface area (Å²) in [5.74, 6) is -0.482. The number of nitrogens with zero attached hydrogens (tertiary/aromatic N) is 2. The Labute approximate surface area is 179 Å². The van der Waals surface area contributed by atoms with Gasteiger partial charge in [-0.05, 0) is 42.3 Å². The molecule has 9 heteroatoms. The predicted molar refractivity (Wildman–Crippen MR) is 111 cm³/mol. The van der Waals surface area contributed by atoms with E-state index < -0.39 is 23.7 Å². The van der Waals surface area contributed by atoms with Crippen LogP contribution in [0, 0.1) is 0 Å². The van der Waals surface area contributed by atoms with Crippen molar-refractivity contribution in [3.05, 3.63) is 74.7 Å². The molecule has 0 aliphatic rings. The van der Waals surface area contributed by atoms with Crippen LogP contribution in [0.4, 0.5) is 13.2 Å². The van der Waals surface area contributed by atoms with E-state index >= 15 is 0 Å². The zero-order chi connectivity index (χ0) is 21.9. The first kappa shape index (κ1) is 22.0. The molecule has 1 N–H and O–H groups in total. The maximum absolute atomic E-state index is 13.0. The lowest BCUT2D eigenvalue weighted by molar-refractivity contribution is -0.137. The molecule has 3 aromatic rings. The van der Waals surface area contributed by atoms with Crippen molar-refractivity contribution < 1.29 is 18.0 Å². The average Bonchev–Trinajstić information content (AvgIpc) is 2.70. The van der Waals surface area contributed by atoms with Gasteiger partial charge in [0.05, 0.1) is 28.8 Å². The molecule has 5 nitrogen and oxygen atoms in total. The summed E-state index contributed by atoms with van der Waals surface area (Å²) in [6.45, 7) is 1.59. The van der Waals surface area contributed by atoms with Crippen molar-refractivity contribution in [1.29, 1.82) is 0 Å². The number of aromatic nitrogens is 2. The highest BCUT2D eigenvalue weighted by molar-refractivity contribution is 9.10. The Morgan fingerprint density at radius 2 is 2.00 bits per heavy atom. The molecule has 0 spiro atoms. The zero-order valence-electron chi connectivity index (χ0n) is 16.0. The number of nitrogens with one attached hydrogen (secondary N) is 1. The van der Waals surface area contributed by atoms with E-state index in [1.165, 1.54) is 17.0 Å². The third-order valence-electron chi connectivity index (χ3n) is 4.63. The Morgan fingerprint density at radius 3 is 2.70 bits per heavy atom. The fourth-order valence-electron chi connectivity index (χ4n) is 3.18. The molecule has 2 aromatic carbocycles. The zero-order valence-corrected chi connectivity index (χ0v) is 17.6. The lowest BCUT2D eigenvalue weighted by Crippen LogP contribution is -2.35. The second kappa shape index (κ2) is 8.99. The summed E-state index contributed by atoms with van der Waals surface area (Å²) in [7, 11) is 0. The van der Waals surface area contributed by atoms with Gasteiger partial charge in [0.1, 0.15) is 6.54 Å². The van der Waals surface area contributed by atoms with Gasteiger partial charge in [0.2, 0.25) is 5.91 Å². The highest BCUT2D eigenvalue weighted by Gasteiger charge is 2.31. The average molecular weight is 482 g/mol.